The molecule has 0 saturated carbocycles. The van der Waals surface area contributed by atoms with E-state index in [1.54, 1.807) is 26.6 Å². The van der Waals surface area contributed by atoms with Crippen LogP contribution >= 0.6 is 0 Å². The Kier molecular flexibility index (Phi) is 8.60. The summed E-state index contributed by atoms with van der Waals surface area (Å²) >= 11 is 0. The van der Waals surface area contributed by atoms with Crippen LogP contribution in [-0.4, -0.2) is 43.1 Å². The van der Waals surface area contributed by atoms with Crippen LogP contribution < -0.4 is 14.8 Å². The number of methoxy groups -OCH3 is 2. The molecule has 0 fully saturated rings. The first-order valence-corrected chi connectivity index (χ1v) is 12.8. The molecule has 2 heterocycles. The SMILES string of the molecule is CCc1ccc(CC2c3cc(OC)c(OC)cc3CCN2CC(=O)NCc2ccncc2)cc1CC. The van der Waals surface area contributed by atoms with Gasteiger partial charge in [0, 0.05) is 31.5 Å². The first kappa shape index (κ1) is 25.7. The molecule has 6 nitrogen and oxygen atoms in total. The fraction of sp³-hybridized carbons (Fsp3) is 0.400. The van der Waals surface area contributed by atoms with Crippen LogP contribution in [-0.2, 0) is 37.0 Å². The molecule has 0 bridgehead atoms. The Morgan fingerprint density at radius 1 is 0.972 bits per heavy atom. The Morgan fingerprint density at radius 3 is 2.39 bits per heavy atom. The number of ether oxygens (including phenoxy) is 2. The monoisotopic (exact) mass is 487 g/mol. The second-order valence-electron chi connectivity index (χ2n) is 9.29. The van der Waals surface area contributed by atoms with E-state index in [1.165, 1.54) is 27.8 Å². The van der Waals surface area contributed by atoms with Gasteiger partial charge in [-0.05, 0) is 83.3 Å². The molecule has 0 saturated heterocycles. The van der Waals surface area contributed by atoms with Gasteiger partial charge in [0.05, 0.1) is 20.8 Å². The van der Waals surface area contributed by atoms with Crippen LogP contribution in [0, 0.1) is 0 Å². The van der Waals surface area contributed by atoms with E-state index in [4.69, 9.17) is 9.47 Å². The van der Waals surface area contributed by atoms with Gasteiger partial charge in [-0.1, -0.05) is 32.0 Å². The second kappa shape index (κ2) is 12.0. The molecule has 4 rings (SSSR count). The molecule has 1 unspecified atom stereocenters. The lowest BCUT2D eigenvalue weighted by Crippen LogP contribution is -2.43. The summed E-state index contributed by atoms with van der Waals surface area (Å²) in [6, 6.07) is 15.0. The van der Waals surface area contributed by atoms with Gasteiger partial charge in [0.2, 0.25) is 5.91 Å². The van der Waals surface area contributed by atoms with Gasteiger partial charge in [-0.3, -0.25) is 14.7 Å². The number of aryl methyl sites for hydroxylation is 2. The maximum atomic E-state index is 13.0. The topological polar surface area (TPSA) is 63.7 Å². The van der Waals surface area contributed by atoms with E-state index >= 15 is 0 Å². The van der Waals surface area contributed by atoms with Crippen LogP contribution in [0.3, 0.4) is 0 Å². The van der Waals surface area contributed by atoms with Gasteiger partial charge >= 0.3 is 0 Å². The third-order valence-corrected chi connectivity index (χ3v) is 7.16. The Morgan fingerprint density at radius 2 is 1.69 bits per heavy atom. The molecule has 0 spiro atoms. The molecule has 1 N–H and O–H groups in total. The number of rotatable bonds is 10. The van der Waals surface area contributed by atoms with Crippen LogP contribution in [0.4, 0.5) is 0 Å². The first-order valence-electron chi connectivity index (χ1n) is 12.8. The van der Waals surface area contributed by atoms with Crippen molar-refractivity contribution in [1.29, 1.82) is 0 Å². The summed E-state index contributed by atoms with van der Waals surface area (Å²) in [7, 11) is 3.34. The van der Waals surface area contributed by atoms with Crippen LogP contribution in [0.2, 0.25) is 0 Å². The minimum atomic E-state index is 0.0244. The number of nitrogens with zero attached hydrogens (tertiary/aromatic N) is 2. The number of aromatic nitrogens is 1. The summed E-state index contributed by atoms with van der Waals surface area (Å²) in [5, 5.41) is 3.08. The summed E-state index contributed by atoms with van der Waals surface area (Å²) in [6.07, 6.45) is 7.24. The fourth-order valence-corrected chi connectivity index (χ4v) is 5.15. The van der Waals surface area contributed by atoms with Crippen molar-refractivity contribution in [3.63, 3.8) is 0 Å². The molecule has 2 aromatic carbocycles. The minimum absolute atomic E-state index is 0.0244. The molecule has 1 aliphatic heterocycles. The van der Waals surface area contributed by atoms with Gasteiger partial charge in [0.15, 0.2) is 11.5 Å². The molecule has 190 valence electrons. The lowest BCUT2D eigenvalue weighted by Gasteiger charge is -2.37. The zero-order valence-electron chi connectivity index (χ0n) is 21.8. The normalized spacial score (nSPS) is 15.3. The predicted octanol–water partition coefficient (Wildman–Crippen LogP) is 4.68. The van der Waals surface area contributed by atoms with Gasteiger partial charge in [-0.15, -0.1) is 0 Å². The average molecular weight is 488 g/mol. The molecule has 36 heavy (non-hydrogen) atoms. The third-order valence-electron chi connectivity index (χ3n) is 7.16. The molecular formula is C30H37N3O3. The van der Waals surface area contributed by atoms with Crippen molar-refractivity contribution in [3.8, 4) is 11.5 Å². The largest absolute Gasteiger partial charge is 0.493 e. The Labute approximate surface area is 214 Å². The van der Waals surface area contributed by atoms with Gasteiger partial charge in [-0.25, -0.2) is 0 Å². The Balaban J connectivity index is 1.61. The van der Waals surface area contributed by atoms with E-state index < -0.39 is 0 Å². The van der Waals surface area contributed by atoms with E-state index in [0.29, 0.717) is 13.1 Å². The molecule has 1 aromatic heterocycles. The van der Waals surface area contributed by atoms with E-state index in [1.807, 2.05) is 12.1 Å². The van der Waals surface area contributed by atoms with Crippen molar-refractivity contribution in [2.24, 2.45) is 0 Å². The zero-order valence-corrected chi connectivity index (χ0v) is 21.8. The van der Waals surface area contributed by atoms with Crippen molar-refractivity contribution in [2.75, 3.05) is 27.3 Å². The van der Waals surface area contributed by atoms with Crippen LogP contribution in [0.15, 0.2) is 54.9 Å². The lowest BCUT2D eigenvalue weighted by molar-refractivity contribution is -0.123. The number of fused-ring (bicyclic) bond motifs is 1. The smallest absolute Gasteiger partial charge is 0.234 e. The maximum absolute atomic E-state index is 13.0. The molecule has 1 atom stereocenters. The van der Waals surface area contributed by atoms with Crippen LogP contribution in [0.25, 0.3) is 0 Å². The third kappa shape index (κ3) is 5.88. The number of hydrogen-bond acceptors (Lipinski definition) is 5. The highest BCUT2D eigenvalue weighted by Gasteiger charge is 2.30. The van der Waals surface area contributed by atoms with E-state index in [2.05, 4.69) is 59.4 Å². The predicted molar refractivity (Wildman–Crippen MR) is 143 cm³/mol. The quantitative estimate of drug-likeness (QED) is 0.450. The minimum Gasteiger partial charge on any atom is -0.493 e. The number of carbonyl (C=O) groups is 1. The van der Waals surface area contributed by atoms with Crippen LogP contribution in [0.1, 0.15) is 53.3 Å². The fourth-order valence-electron chi connectivity index (χ4n) is 5.15. The summed E-state index contributed by atoms with van der Waals surface area (Å²) in [5.74, 6) is 1.50. The lowest BCUT2D eigenvalue weighted by atomic mass is 9.87. The number of carbonyl (C=O) groups excluding carboxylic acids is 1. The number of benzene rings is 2. The summed E-state index contributed by atoms with van der Waals surface area (Å²) in [6.45, 7) is 6.07. The van der Waals surface area contributed by atoms with Crippen molar-refractivity contribution in [3.05, 3.63) is 88.2 Å². The van der Waals surface area contributed by atoms with Gasteiger partial charge in [0.1, 0.15) is 0 Å². The van der Waals surface area contributed by atoms with Crippen molar-refractivity contribution in [2.45, 2.75) is 52.1 Å². The molecular weight excluding hydrogens is 450 g/mol. The Bertz CT molecular complexity index is 1180. The van der Waals surface area contributed by atoms with Gasteiger partial charge in [0.25, 0.3) is 0 Å². The van der Waals surface area contributed by atoms with Crippen molar-refractivity contribution < 1.29 is 14.3 Å². The number of hydrogen-bond donors (Lipinski definition) is 1. The van der Waals surface area contributed by atoms with Crippen molar-refractivity contribution in [1.82, 2.24) is 15.2 Å². The number of pyridine rings is 1. The highest BCUT2D eigenvalue weighted by atomic mass is 16.5. The average Bonchev–Trinajstić information content (AvgIpc) is 2.92. The molecule has 0 aliphatic carbocycles. The maximum Gasteiger partial charge on any atom is 0.234 e. The molecule has 3 aromatic rings. The Hall–Kier alpha value is -3.38. The summed E-state index contributed by atoms with van der Waals surface area (Å²) in [4.78, 5) is 19.3. The zero-order chi connectivity index (χ0) is 25.5. The highest BCUT2D eigenvalue weighted by molar-refractivity contribution is 5.78. The summed E-state index contributed by atoms with van der Waals surface area (Å²) in [5.41, 5.74) is 7.60. The summed E-state index contributed by atoms with van der Waals surface area (Å²) < 4.78 is 11.2. The molecule has 6 heteroatoms. The second-order valence-corrected chi connectivity index (χ2v) is 9.29. The highest BCUT2D eigenvalue weighted by Crippen LogP contribution is 2.39. The molecule has 0 radical (unpaired) electrons. The van der Waals surface area contributed by atoms with E-state index in [9.17, 15) is 4.79 Å². The van der Waals surface area contributed by atoms with E-state index in [-0.39, 0.29) is 11.9 Å². The molecule has 1 aliphatic rings. The molecule has 1 amide bonds. The van der Waals surface area contributed by atoms with Gasteiger partial charge < -0.3 is 14.8 Å². The standard InChI is InChI=1S/C30H37N3O3/c1-5-23-8-7-22(15-24(23)6-2)16-27-26-18-29(36-4)28(35-3)17-25(26)11-14-33(27)20-30(34)32-19-21-9-12-31-13-10-21/h7-10,12-13,15,17-18,27H,5-6,11,14,16,19-20H2,1-4H3,(H,32,34). The number of nitrogens with one attached hydrogen (secondary N) is 1. The van der Waals surface area contributed by atoms with Gasteiger partial charge in [-0.2, -0.15) is 0 Å². The number of amides is 1. The van der Waals surface area contributed by atoms with Crippen LogP contribution in [0.5, 0.6) is 11.5 Å². The van der Waals surface area contributed by atoms with Crippen molar-refractivity contribution >= 4 is 5.91 Å². The first-order chi connectivity index (χ1) is 17.6. The van der Waals surface area contributed by atoms with E-state index in [0.717, 1.165) is 49.3 Å².